The summed E-state index contributed by atoms with van der Waals surface area (Å²) in [5, 5.41) is 10.1. The number of nitrogens with zero attached hydrogens (tertiary/aromatic N) is 3. The monoisotopic (exact) mass is 281 g/mol. The summed E-state index contributed by atoms with van der Waals surface area (Å²) in [6.45, 7) is 0. The fraction of sp³-hybridized carbons (Fsp3) is 0. The molecule has 0 aliphatic rings. The third-order valence-electron chi connectivity index (χ3n) is 2.80. The maximum atomic E-state index is 12.1. The van der Waals surface area contributed by atoms with Crippen molar-refractivity contribution in [2.24, 2.45) is 0 Å². The van der Waals surface area contributed by atoms with Crippen LogP contribution in [0.2, 0.25) is 0 Å². The molecule has 0 aliphatic carbocycles. The van der Waals surface area contributed by atoms with Gasteiger partial charge in [-0.2, -0.15) is 0 Å². The van der Waals surface area contributed by atoms with Crippen molar-refractivity contribution in [2.75, 3.05) is 11.1 Å². The molecule has 7 heteroatoms. The molecule has 0 atom stereocenters. The molecular formula is C14H11N5O2. The summed E-state index contributed by atoms with van der Waals surface area (Å²) in [5.41, 5.74) is 7.62. The van der Waals surface area contributed by atoms with E-state index in [-0.39, 0.29) is 11.6 Å². The van der Waals surface area contributed by atoms with Crippen LogP contribution in [0.15, 0.2) is 53.4 Å². The van der Waals surface area contributed by atoms with E-state index in [9.17, 15) is 4.79 Å². The lowest BCUT2D eigenvalue weighted by Gasteiger charge is -2.06. The molecule has 0 spiro atoms. The standard InChI is InChI=1S/C14H11N5O2/c15-11-2-1-7-16-12(11)13(20)18-10-5-3-9(4-6-10)14-19-17-8-21-14/h1-8H,15H2,(H,18,20). The zero-order valence-corrected chi connectivity index (χ0v) is 10.9. The maximum Gasteiger partial charge on any atom is 0.276 e. The lowest BCUT2D eigenvalue weighted by Crippen LogP contribution is -2.15. The summed E-state index contributed by atoms with van der Waals surface area (Å²) >= 11 is 0. The topological polar surface area (TPSA) is 107 Å². The number of pyridine rings is 1. The molecule has 0 radical (unpaired) electrons. The Morgan fingerprint density at radius 1 is 1.19 bits per heavy atom. The van der Waals surface area contributed by atoms with Crippen LogP contribution in [0.4, 0.5) is 11.4 Å². The molecule has 21 heavy (non-hydrogen) atoms. The quantitative estimate of drug-likeness (QED) is 0.760. The highest BCUT2D eigenvalue weighted by molar-refractivity contribution is 6.06. The first-order valence-electron chi connectivity index (χ1n) is 6.12. The lowest BCUT2D eigenvalue weighted by molar-refractivity contribution is 0.102. The van der Waals surface area contributed by atoms with E-state index in [1.807, 2.05) is 0 Å². The van der Waals surface area contributed by atoms with E-state index in [1.165, 1.54) is 12.6 Å². The van der Waals surface area contributed by atoms with Crippen molar-refractivity contribution < 1.29 is 9.21 Å². The van der Waals surface area contributed by atoms with Gasteiger partial charge in [0.1, 0.15) is 0 Å². The molecule has 0 saturated carbocycles. The van der Waals surface area contributed by atoms with E-state index < -0.39 is 0 Å². The van der Waals surface area contributed by atoms with Gasteiger partial charge in [0, 0.05) is 17.4 Å². The number of aromatic nitrogens is 3. The molecule has 7 nitrogen and oxygen atoms in total. The fourth-order valence-corrected chi connectivity index (χ4v) is 1.79. The Labute approximate surface area is 119 Å². The average molecular weight is 281 g/mol. The van der Waals surface area contributed by atoms with Crippen LogP contribution in [0.1, 0.15) is 10.5 Å². The summed E-state index contributed by atoms with van der Waals surface area (Å²) < 4.78 is 5.09. The highest BCUT2D eigenvalue weighted by Crippen LogP contribution is 2.19. The predicted octanol–water partition coefficient (Wildman–Crippen LogP) is 1.97. The Morgan fingerprint density at radius 3 is 2.67 bits per heavy atom. The van der Waals surface area contributed by atoms with Gasteiger partial charge in [-0.3, -0.25) is 4.79 Å². The normalized spacial score (nSPS) is 10.3. The van der Waals surface area contributed by atoms with Crippen LogP contribution in [0.5, 0.6) is 0 Å². The molecule has 1 aromatic carbocycles. The number of nitrogens with one attached hydrogen (secondary N) is 1. The third kappa shape index (κ3) is 2.71. The fourth-order valence-electron chi connectivity index (χ4n) is 1.79. The molecule has 0 fully saturated rings. The zero-order valence-electron chi connectivity index (χ0n) is 10.9. The van der Waals surface area contributed by atoms with E-state index in [1.54, 1.807) is 36.4 Å². The molecule has 2 aromatic heterocycles. The molecule has 3 N–H and O–H groups in total. The maximum absolute atomic E-state index is 12.1. The van der Waals surface area contributed by atoms with E-state index in [4.69, 9.17) is 10.2 Å². The van der Waals surface area contributed by atoms with Crippen molar-refractivity contribution in [3.63, 3.8) is 0 Å². The van der Waals surface area contributed by atoms with E-state index in [0.29, 0.717) is 17.3 Å². The van der Waals surface area contributed by atoms with Crippen LogP contribution in [-0.4, -0.2) is 21.1 Å². The number of nitrogens with two attached hydrogens (primary N) is 1. The summed E-state index contributed by atoms with van der Waals surface area (Å²) in [5.74, 6) is 0.0560. The number of anilines is 2. The van der Waals surface area contributed by atoms with Crippen molar-refractivity contribution >= 4 is 17.3 Å². The van der Waals surface area contributed by atoms with Gasteiger partial charge < -0.3 is 15.5 Å². The average Bonchev–Trinajstić information content (AvgIpc) is 3.02. The minimum atomic E-state index is -0.362. The minimum absolute atomic E-state index is 0.193. The molecule has 3 rings (SSSR count). The summed E-state index contributed by atoms with van der Waals surface area (Å²) in [6, 6.07) is 10.3. The van der Waals surface area contributed by atoms with Crippen molar-refractivity contribution in [3.05, 3.63) is 54.7 Å². The number of amides is 1. The smallest absolute Gasteiger partial charge is 0.276 e. The molecule has 0 saturated heterocycles. The van der Waals surface area contributed by atoms with Crippen molar-refractivity contribution in [3.8, 4) is 11.5 Å². The number of hydrogen-bond acceptors (Lipinski definition) is 6. The van der Waals surface area contributed by atoms with Gasteiger partial charge in [-0.15, -0.1) is 10.2 Å². The number of rotatable bonds is 3. The number of carbonyl (C=O) groups excluding carboxylic acids is 1. The summed E-state index contributed by atoms with van der Waals surface area (Å²) in [6.07, 6.45) is 2.78. The van der Waals surface area contributed by atoms with Gasteiger partial charge >= 0.3 is 0 Å². The number of benzene rings is 1. The minimum Gasteiger partial charge on any atom is -0.423 e. The number of nitrogen functional groups attached to an aromatic ring is 1. The van der Waals surface area contributed by atoms with Gasteiger partial charge in [0.25, 0.3) is 5.91 Å². The van der Waals surface area contributed by atoms with Crippen molar-refractivity contribution in [1.82, 2.24) is 15.2 Å². The Morgan fingerprint density at radius 2 is 2.00 bits per heavy atom. The van der Waals surface area contributed by atoms with Crippen LogP contribution in [0.25, 0.3) is 11.5 Å². The van der Waals surface area contributed by atoms with Gasteiger partial charge in [0.15, 0.2) is 5.69 Å². The van der Waals surface area contributed by atoms with Gasteiger partial charge in [-0.25, -0.2) is 4.98 Å². The van der Waals surface area contributed by atoms with Crippen LogP contribution >= 0.6 is 0 Å². The molecule has 1 amide bonds. The van der Waals surface area contributed by atoms with Gasteiger partial charge in [0.2, 0.25) is 12.3 Å². The Kier molecular flexibility index (Phi) is 3.30. The Hall–Kier alpha value is -3.22. The second kappa shape index (κ2) is 5.41. The molecule has 104 valence electrons. The van der Waals surface area contributed by atoms with Crippen LogP contribution in [0.3, 0.4) is 0 Å². The predicted molar refractivity (Wildman–Crippen MR) is 76.3 cm³/mol. The largest absolute Gasteiger partial charge is 0.423 e. The molecule has 3 aromatic rings. The highest BCUT2D eigenvalue weighted by atomic mass is 16.4. The second-order valence-electron chi connectivity index (χ2n) is 4.22. The lowest BCUT2D eigenvalue weighted by atomic mass is 10.2. The van der Waals surface area contributed by atoms with E-state index >= 15 is 0 Å². The zero-order chi connectivity index (χ0) is 14.7. The van der Waals surface area contributed by atoms with Gasteiger partial charge in [-0.05, 0) is 36.4 Å². The summed E-state index contributed by atoms with van der Waals surface area (Å²) in [4.78, 5) is 16.0. The SMILES string of the molecule is Nc1cccnc1C(=O)Nc1ccc(-c2nnco2)cc1. The Balaban J connectivity index is 1.77. The summed E-state index contributed by atoms with van der Waals surface area (Å²) in [7, 11) is 0. The van der Waals surface area contributed by atoms with E-state index in [0.717, 1.165) is 5.56 Å². The first kappa shape index (κ1) is 12.8. The molecule has 2 heterocycles. The van der Waals surface area contributed by atoms with Crippen LogP contribution in [0, 0.1) is 0 Å². The van der Waals surface area contributed by atoms with Crippen molar-refractivity contribution in [1.29, 1.82) is 0 Å². The molecule has 0 bridgehead atoms. The molecular weight excluding hydrogens is 270 g/mol. The number of hydrogen-bond donors (Lipinski definition) is 2. The molecule has 0 unspecified atom stereocenters. The van der Waals surface area contributed by atoms with Crippen LogP contribution in [-0.2, 0) is 0 Å². The second-order valence-corrected chi connectivity index (χ2v) is 4.22. The van der Waals surface area contributed by atoms with E-state index in [2.05, 4.69) is 20.5 Å². The Bertz CT molecular complexity index is 753. The van der Waals surface area contributed by atoms with Crippen LogP contribution < -0.4 is 11.1 Å². The number of carbonyl (C=O) groups is 1. The first-order valence-corrected chi connectivity index (χ1v) is 6.12. The first-order chi connectivity index (χ1) is 10.2. The highest BCUT2D eigenvalue weighted by Gasteiger charge is 2.11. The molecule has 0 aliphatic heterocycles. The van der Waals surface area contributed by atoms with Crippen molar-refractivity contribution in [2.45, 2.75) is 0 Å². The third-order valence-corrected chi connectivity index (χ3v) is 2.80. The van der Waals surface area contributed by atoms with Gasteiger partial charge in [0.05, 0.1) is 5.69 Å². The van der Waals surface area contributed by atoms with Gasteiger partial charge in [-0.1, -0.05) is 0 Å².